The Bertz CT molecular complexity index is 484. The third-order valence-corrected chi connectivity index (χ3v) is 4.57. The van der Waals surface area contributed by atoms with Crippen LogP contribution >= 0.6 is 27.3 Å². The van der Waals surface area contributed by atoms with E-state index in [4.69, 9.17) is 0 Å². The zero-order valence-corrected chi connectivity index (χ0v) is 13.5. The number of rotatable bonds is 7. The van der Waals surface area contributed by atoms with Crippen molar-refractivity contribution in [3.63, 3.8) is 0 Å². The number of nitrogens with zero attached hydrogens (tertiary/aromatic N) is 1. The van der Waals surface area contributed by atoms with E-state index in [1.165, 1.54) is 14.9 Å². The minimum Gasteiger partial charge on any atom is -0.311 e. The highest BCUT2D eigenvalue weighted by Crippen LogP contribution is 2.20. The van der Waals surface area contributed by atoms with Crippen LogP contribution in [0.4, 0.5) is 0 Å². The van der Waals surface area contributed by atoms with Gasteiger partial charge in [0.05, 0.1) is 0 Å². The van der Waals surface area contributed by atoms with E-state index in [0.717, 1.165) is 26.2 Å². The van der Waals surface area contributed by atoms with E-state index < -0.39 is 0 Å². The molecule has 2 aromatic rings. The molecule has 0 atom stereocenters. The number of hydrogen-bond acceptors (Lipinski definition) is 3. The number of likely N-dealkylation sites (N-methyl/N-ethyl adjacent to an activating group) is 1. The number of nitrogens with one attached hydrogen (secondary N) is 1. The van der Waals surface area contributed by atoms with Gasteiger partial charge in [-0.25, -0.2) is 0 Å². The van der Waals surface area contributed by atoms with Gasteiger partial charge in [-0.1, -0.05) is 30.3 Å². The molecule has 0 aliphatic carbocycles. The lowest BCUT2D eigenvalue weighted by atomic mass is 10.2. The van der Waals surface area contributed by atoms with Crippen molar-refractivity contribution in [1.29, 1.82) is 0 Å². The molecule has 1 aromatic carbocycles. The summed E-state index contributed by atoms with van der Waals surface area (Å²) in [5.41, 5.74) is 1.34. The predicted molar refractivity (Wildman–Crippen MR) is 86.5 cm³/mol. The molecule has 0 saturated carbocycles. The first-order valence-electron chi connectivity index (χ1n) is 6.40. The highest BCUT2D eigenvalue weighted by atomic mass is 79.9. The quantitative estimate of drug-likeness (QED) is 0.773. The van der Waals surface area contributed by atoms with Crippen molar-refractivity contribution < 1.29 is 0 Å². The van der Waals surface area contributed by atoms with Gasteiger partial charge in [0.1, 0.15) is 0 Å². The molecule has 0 unspecified atom stereocenters. The van der Waals surface area contributed by atoms with Crippen LogP contribution in [0.3, 0.4) is 0 Å². The molecule has 0 aliphatic heterocycles. The maximum atomic E-state index is 3.49. The molecular weight excluding hydrogens is 320 g/mol. The van der Waals surface area contributed by atoms with Crippen LogP contribution in [0, 0.1) is 0 Å². The van der Waals surface area contributed by atoms with E-state index in [9.17, 15) is 0 Å². The zero-order valence-electron chi connectivity index (χ0n) is 11.1. The number of thiophene rings is 1. The second kappa shape index (κ2) is 7.80. The Morgan fingerprint density at radius 2 is 2.05 bits per heavy atom. The molecule has 1 heterocycles. The van der Waals surface area contributed by atoms with E-state index in [1.807, 2.05) is 0 Å². The molecular formula is C15H19BrN2S. The van der Waals surface area contributed by atoms with E-state index in [-0.39, 0.29) is 0 Å². The van der Waals surface area contributed by atoms with Gasteiger partial charge >= 0.3 is 0 Å². The monoisotopic (exact) mass is 338 g/mol. The molecule has 0 saturated heterocycles. The van der Waals surface area contributed by atoms with E-state index >= 15 is 0 Å². The second-order valence-electron chi connectivity index (χ2n) is 4.63. The van der Waals surface area contributed by atoms with E-state index in [1.54, 1.807) is 11.3 Å². The Labute approximate surface area is 127 Å². The molecule has 1 aromatic heterocycles. The van der Waals surface area contributed by atoms with Crippen LogP contribution in [-0.4, -0.2) is 25.0 Å². The maximum Gasteiger partial charge on any atom is 0.0325 e. The molecule has 4 heteroatoms. The molecule has 2 rings (SSSR count). The van der Waals surface area contributed by atoms with Crippen molar-refractivity contribution in [1.82, 2.24) is 10.2 Å². The Balaban J connectivity index is 1.63. The van der Waals surface area contributed by atoms with Gasteiger partial charge in [0, 0.05) is 40.9 Å². The van der Waals surface area contributed by atoms with Gasteiger partial charge in [0.15, 0.2) is 0 Å². The molecule has 0 fully saturated rings. The summed E-state index contributed by atoms with van der Waals surface area (Å²) in [7, 11) is 2.16. The second-order valence-corrected chi connectivity index (χ2v) is 6.54. The third-order valence-electron chi connectivity index (χ3n) is 2.89. The van der Waals surface area contributed by atoms with Gasteiger partial charge < -0.3 is 10.2 Å². The number of benzene rings is 1. The highest BCUT2D eigenvalue weighted by molar-refractivity contribution is 9.10. The van der Waals surface area contributed by atoms with Crippen LogP contribution in [0.25, 0.3) is 0 Å². The summed E-state index contributed by atoms with van der Waals surface area (Å²) in [6, 6.07) is 12.7. The van der Waals surface area contributed by atoms with Crippen LogP contribution in [0.1, 0.15) is 10.4 Å². The first kappa shape index (κ1) is 14.7. The molecule has 0 radical (unpaired) electrons. The lowest BCUT2D eigenvalue weighted by Gasteiger charge is -2.15. The fourth-order valence-corrected chi connectivity index (χ4v) is 3.41. The van der Waals surface area contributed by atoms with Crippen LogP contribution in [0.15, 0.2) is 46.3 Å². The minimum atomic E-state index is 0.944. The smallest absolute Gasteiger partial charge is 0.0325 e. The molecule has 102 valence electrons. The summed E-state index contributed by atoms with van der Waals surface area (Å²) < 4.78 is 1.18. The first-order valence-corrected chi connectivity index (χ1v) is 8.07. The highest BCUT2D eigenvalue weighted by Gasteiger charge is 2.02. The summed E-state index contributed by atoms with van der Waals surface area (Å²) in [4.78, 5) is 3.74. The van der Waals surface area contributed by atoms with Gasteiger partial charge in [-0.3, -0.25) is 0 Å². The summed E-state index contributed by atoms with van der Waals surface area (Å²) in [5.74, 6) is 0. The van der Waals surface area contributed by atoms with E-state index in [0.29, 0.717) is 0 Å². The van der Waals surface area contributed by atoms with Crippen molar-refractivity contribution in [3.05, 3.63) is 56.7 Å². The molecule has 19 heavy (non-hydrogen) atoms. The fraction of sp³-hybridized carbons (Fsp3) is 0.333. The van der Waals surface area contributed by atoms with Crippen LogP contribution < -0.4 is 5.32 Å². The van der Waals surface area contributed by atoms with Crippen molar-refractivity contribution in [2.24, 2.45) is 0 Å². The van der Waals surface area contributed by atoms with Gasteiger partial charge in [-0.2, -0.15) is 0 Å². The molecule has 0 aliphatic rings. The Morgan fingerprint density at radius 1 is 1.26 bits per heavy atom. The average molecular weight is 339 g/mol. The van der Waals surface area contributed by atoms with Crippen molar-refractivity contribution in [3.8, 4) is 0 Å². The molecule has 0 spiro atoms. The van der Waals surface area contributed by atoms with Crippen LogP contribution in [0.5, 0.6) is 0 Å². The van der Waals surface area contributed by atoms with Gasteiger partial charge in [-0.15, -0.1) is 11.3 Å². The Hall–Kier alpha value is -0.680. The molecule has 0 bridgehead atoms. The zero-order chi connectivity index (χ0) is 13.5. The van der Waals surface area contributed by atoms with Gasteiger partial charge in [0.2, 0.25) is 0 Å². The van der Waals surface area contributed by atoms with Crippen molar-refractivity contribution >= 4 is 27.3 Å². The lowest BCUT2D eigenvalue weighted by Crippen LogP contribution is -2.28. The maximum absolute atomic E-state index is 3.49. The summed E-state index contributed by atoms with van der Waals surface area (Å²) in [6.45, 7) is 4.03. The van der Waals surface area contributed by atoms with Gasteiger partial charge in [-0.05, 0) is 34.6 Å². The third kappa shape index (κ3) is 5.45. The number of hydrogen-bond donors (Lipinski definition) is 1. The lowest BCUT2D eigenvalue weighted by molar-refractivity contribution is 0.327. The fourth-order valence-electron chi connectivity index (χ4n) is 1.88. The number of halogens is 1. The first-order chi connectivity index (χ1) is 9.24. The van der Waals surface area contributed by atoms with Crippen LogP contribution in [-0.2, 0) is 13.1 Å². The molecule has 1 N–H and O–H groups in total. The van der Waals surface area contributed by atoms with Crippen molar-refractivity contribution in [2.75, 3.05) is 20.1 Å². The predicted octanol–water partition coefficient (Wildman–Crippen LogP) is 3.73. The van der Waals surface area contributed by atoms with Crippen LogP contribution in [0.2, 0.25) is 0 Å². The summed E-state index contributed by atoms with van der Waals surface area (Å²) in [6.07, 6.45) is 0. The normalized spacial score (nSPS) is 11.1. The van der Waals surface area contributed by atoms with E-state index in [2.05, 4.69) is 75.0 Å². The summed E-state index contributed by atoms with van der Waals surface area (Å²) >= 11 is 5.30. The standard InChI is InChI=1S/C15H19BrN2S/c1-18(11-15-9-14(16)12-19-15)8-7-17-10-13-5-3-2-4-6-13/h2-6,9,12,17H,7-8,10-11H2,1H3. The average Bonchev–Trinajstić information content (AvgIpc) is 2.81. The molecule has 2 nitrogen and oxygen atoms in total. The van der Waals surface area contributed by atoms with Gasteiger partial charge in [0.25, 0.3) is 0 Å². The van der Waals surface area contributed by atoms with Crippen molar-refractivity contribution in [2.45, 2.75) is 13.1 Å². The topological polar surface area (TPSA) is 15.3 Å². The Morgan fingerprint density at radius 3 is 2.74 bits per heavy atom. The Kier molecular flexibility index (Phi) is 6.04. The SMILES string of the molecule is CN(CCNCc1ccccc1)Cc1cc(Br)cs1. The summed E-state index contributed by atoms with van der Waals surface area (Å²) in [5, 5.41) is 5.61. The largest absolute Gasteiger partial charge is 0.311 e. The molecule has 0 amide bonds. The minimum absolute atomic E-state index is 0.944.